The second-order valence-corrected chi connectivity index (χ2v) is 7.92. The molecule has 2 N–H and O–H groups in total. The lowest BCUT2D eigenvalue weighted by molar-refractivity contribution is -0.290. The summed E-state index contributed by atoms with van der Waals surface area (Å²) in [5.74, 6) is -1.06. The summed E-state index contributed by atoms with van der Waals surface area (Å²) < 4.78 is 5.70. The van der Waals surface area contributed by atoms with E-state index in [-0.39, 0.29) is 12.0 Å². The van der Waals surface area contributed by atoms with Crippen LogP contribution in [0.3, 0.4) is 0 Å². The molecular formula is C24H38O3. The van der Waals surface area contributed by atoms with Crippen LogP contribution in [0.5, 0.6) is 0 Å². The van der Waals surface area contributed by atoms with E-state index in [2.05, 4.69) is 50.8 Å². The lowest BCUT2D eigenvalue weighted by atomic mass is 9.87. The molecule has 0 aliphatic carbocycles. The van der Waals surface area contributed by atoms with Crippen molar-refractivity contribution in [2.45, 2.75) is 77.8 Å². The van der Waals surface area contributed by atoms with Crippen molar-refractivity contribution in [1.82, 2.24) is 0 Å². The lowest BCUT2D eigenvalue weighted by Crippen LogP contribution is -2.50. The summed E-state index contributed by atoms with van der Waals surface area (Å²) >= 11 is 0. The zero-order valence-electron chi connectivity index (χ0n) is 17.5. The summed E-state index contributed by atoms with van der Waals surface area (Å²) in [6.07, 6.45) is 20.4. The minimum Gasteiger partial charge on any atom is -0.393 e. The minimum atomic E-state index is -1.26. The molecule has 0 bridgehead atoms. The van der Waals surface area contributed by atoms with Gasteiger partial charge in [0.2, 0.25) is 0 Å². The van der Waals surface area contributed by atoms with Crippen LogP contribution in [0.25, 0.3) is 0 Å². The first kappa shape index (κ1) is 23.6. The fourth-order valence-electron chi connectivity index (χ4n) is 3.22. The van der Waals surface area contributed by atoms with Gasteiger partial charge in [0.15, 0.2) is 5.79 Å². The van der Waals surface area contributed by atoms with E-state index >= 15 is 0 Å². The Hall–Kier alpha value is -1.42. The van der Waals surface area contributed by atoms with E-state index in [1.54, 1.807) is 6.92 Å². The zero-order chi connectivity index (χ0) is 20.3. The molecule has 1 heterocycles. The van der Waals surface area contributed by atoms with Gasteiger partial charge >= 0.3 is 0 Å². The van der Waals surface area contributed by atoms with Crippen LogP contribution in [0.2, 0.25) is 0 Å². The van der Waals surface area contributed by atoms with Gasteiger partial charge in [-0.15, -0.1) is 6.58 Å². The van der Waals surface area contributed by atoms with Crippen molar-refractivity contribution >= 4 is 0 Å². The Morgan fingerprint density at radius 2 is 2.00 bits per heavy atom. The number of ether oxygens (including phenoxy) is 1. The summed E-state index contributed by atoms with van der Waals surface area (Å²) in [6, 6.07) is 0. The number of rotatable bonds is 10. The van der Waals surface area contributed by atoms with Crippen LogP contribution in [-0.4, -0.2) is 28.2 Å². The number of hydrogen-bond donors (Lipinski definition) is 2. The molecule has 5 atom stereocenters. The van der Waals surface area contributed by atoms with E-state index < -0.39 is 11.9 Å². The highest BCUT2D eigenvalue weighted by molar-refractivity contribution is 5.13. The maximum Gasteiger partial charge on any atom is 0.168 e. The predicted octanol–water partition coefficient (Wildman–Crippen LogP) is 5.48. The average Bonchev–Trinajstić information content (AvgIpc) is 2.58. The summed E-state index contributed by atoms with van der Waals surface area (Å²) in [7, 11) is 0. The highest BCUT2D eigenvalue weighted by Crippen LogP contribution is 2.33. The molecule has 0 aromatic heterocycles. The molecule has 0 aromatic carbocycles. The molecule has 1 fully saturated rings. The minimum absolute atomic E-state index is 0.147. The number of unbranched alkanes of at least 4 members (excludes halogenated alkanes) is 1. The van der Waals surface area contributed by atoms with Gasteiger partial charge in [-0.3, -0.25) is 0 Å². The van der Waals surface area contributed by atoms with Crippen molar-refractivity contribution in [2.75, 3.05) is 0 Å². The van der Waals surface area contributed by atoms with Gasteiger partial charge < -0.3 is 14.9 Å². The Morgan fingerprint density at radius 3 is 2.67 bits per heavy atom. The molecule has 1 aliphatic rings. The summed E-state index contributed by atoms with van der Waals surface area (Å²) in [4.78, 5) is 0. The molecule has 3 heteroatoms. The number of hydrogen-bond acceptors (Lipinski definition) is 3. The Balaban J connectivity index is 2.35. The summed E-state index contributed by atoms with van der Waals surface area (Å²) in [6.45, 7) is 11.5. The van der Waals surface area contributed by atoms with Gasteiger partial charge in [-0.05, 0) is 45.4 Å². The highest BCUT2D eigenvalue weighted by atomic mass is 16.6. The van der Waals surface area contributed by atoms with E-state index in [0.29, 0.717) is 18.8 Å². The van der Waals surface area contributed by atoms with Gasteiger partial charge in [0.25, 0.3) is 0 Å². The molecule has 1 rings (SSSR count). The quantitative estimate of drug-likeness (QED) is 0.302. The second-order valence-electron chi connectivity index (χ2n) is 7.92. The van der Waals surface area contributed by atoms with Crippen LogP contribution in [0.4, 0.5) is 0 Å². The average molecular weight is 375 g/mol. The molecule has 0 saturated carbocycles. The molecule has 0 amide bonds. The standard InChI is InChI=1S/C24H38O3/c1-6-7-8-9-11-14-19(2)17-20(3)15-12-10-13-16-22-18-23(25)21(4)24(5,26)27-22/h6,9-15,20-23,25-26H,1,7-8,16-18H2,2-5H3/b11-9+,13-10+,15-12+,19-14+/t20-,21+,22+,23?,24?/m0/s1. The third kappa shape index (κ3) is 9.37. The summed E-state index contributed by atoms with van der Waals surface area (Å²) in [5, 5.41) is 20.3. The third-order valence-corrected chi connectivity index (χ3v) is 5.12. The van der Waals surface area contributed by atoms with E-state index in [0.717, 1.165) is 19.3 Å². The molecule has 0 aromatic rings. The third-order valence-electron chi connectivity index (χ3n) is 5.12. The van der Waals surface area contributed by atoms with Crippen molar-refractivity contribution in [3.8, 4) is 0 Å². The van der Waals surface area contributed by atoms with Crippen molar-refractivity contribution in [1.29, 1.82) is 0 Å². The van der Waals surface area contributed by atoms with Crippen LogP contribution in [-0.2, 0) is 4.74 Å². The number of allylic oxidation sites excluding steroid dienone is 8. The zero-order valence-corrected chi connectivity index (χ0v) is 17.5. The topological polar surface area (TPSA) is 49.7 Å². The Morgan fingerprint density at radius 1 is 1.26 bits per heavy atom. The first-order chi connectivity index (χ1) is 12.8. The van der Waals surface area contributed by atoms with E-state index in [4.69, 9.17) is 4.74 Å². The van der Waals surface area contributed by atoms with Crippen molar-refractivity contribution in [3.05, 3.63) is 60.8 Å². The van der Waals surface area contributed by atoms with Gasteiger partial charge in [0, 0.05) is 12.3 Å². The maximum atomic E-state index is 10.2. The van der Waals surface area contributed by atoms with Crippen molar-refractivity contribution in [2.24, 2.45) is 11.8 Å². The van der Waals surface area contributed by atoms with Gasteiger partial charge in [0.05, 0.1) is 12.2 Å². The van der Waals surface area contributed by atoms with Crippen LogP contribution in [0, 0.1) is 11.8 Å². The molecule has 0 spiro atoms. The molecule has 2 unspecified atom stereocenters. The smallest absolute Gasteiger partial charge is 0.168 e. The largest absolute Gasteiger partial charge is 0.393 e. The van der Waals surface area contributed by atoms with Crippen LogP contribution >= 0.6 is 0 Å². The monoisotopic (exact) mass is 374 g/mol. The molecule has 0 radical (unpaired) electrons. The molecule has 1 aliphatic heterocycles. The molecule has 152 valence electrons. The van der Waals surface area contributed by atoms with Crippen LogP contribution < -0.4 is 0 Å². The number of aliphatic hydroxyl groups excluding tert-OH is 1. The molecule has 27 heavy (non-hydrogen) atoms. The van der Waals surface area contributed by atoms with Gasteiger partial charge in [-0.25, -0.2) is 0 Å². The van der Waals surface area contributed by atoms with Crippen molar-refractivity contribution < 1.29 is 14.9 Å². The van der Waals surface area contributed by atoms with E-state index in [9.17, 15) is 10.2 Å². The van der Waals surface area contributed by atoms with E-state index in [1.165, 1.54) is 5.57 Å². The van der Waals surface area contributed by atoms with Gasteiger partial charge in [-0.2, -0.15) is 0 Å². The first-order valence-electron chi connectivity index (χ1n) is 10.1. The highest BCUT2D eigenvalue weighted by Gasteiger charge is 2.42. The SMILES string of the molecule is C=CCC/C=C/C=C(\C)C[C@@H](C)/C=C/C=C/C[C@@H]1CC(O)[C@@H](C)C(C)(O)O1. The Kier molecular flexibility index (Phi) is 10.6. The predicted molar refractivity (Wildman–Crippen MR) is 114 cm³/mol. The summed E-state index contributed by atoms with van der Waals surface area (Å²) in [5.41, 5.74) is 1.37. The molecular weight excluding hydrogens is 336 g/mol. The first-order valence-corrected chi connectivity index (χ1v) is 10.1. The molecule has 3 nitrogen and oxygen atoms in total. The maximum absolute atomic E-state index is 10.2. The van der Waals surface area contributed by atoms with Crippen LogP contribution in [0.1, 0.15) is 59.8 Å². The van der Waals surface area contributed by atoms with Gasteiger partial charge in [-0.1, -0.05) is 68.0 Å². The van der Waals surface area contributed by atoms with Gasteiger partial charge in [0.1, 0.15) is 0 Å². The lowest BCUT2D eigenvalue weighted by Gasteiger charge is -2.42. The number of aliphatic hydroxyl groups is 2. The van der Waals surface area contributed by atoms with Crippen LogP contribution in [0.15, 0.2) is 60.8 Å². The second kappa shape index (κ2) is 12.1. The Labute approximate surface area is 165 Å². The normalized spacial score (nSPS) is 31.2. The van der Waals surface area contributed by atoms with Crippen molar-refractivity contribution in [3.63, 3.8) is 0 Å². The van der Waals surface area contributed by atoms with E-state index in [1.807, 2.05) is 25.2 Å². The molecule has 1 saturated heterocycles. The fraction of sp³-hybridized carbons (Fsp3) is 0.583. The fourth-order valence-corrected chi connectivity index (χ4v) is 3.22. The Bertz CT molecular complexity index is 554.